The molecule has 2 aliphatic rings. The van der Waals surface area contributed by atoms with Crippen molar-refractivity contribution in [2.24, 2.45) is 0 Å². The van der Waals surface area contributed by atoms with Crippen LogP contribution in [0.25, 0.3) is 97.7 Å². The maximum Gasteiger partial charge on any atom is 0.159 e. The zero-order valence-corrected chi connectivity index (χ0v) is 42.6. The van der Waals surface area contributed by atoms with Gasteiger partial charge in [0.25, 0.3) is 0 Å². The fourth-order valence-electron chi connectivity index (χ4n) is 14.3. The smallest absolute Gasteiger partial charge is 0.159 e. The third-order valence-electron chi connectivity index (χ3n) is 17.7. The molecule has 0 saturated heterocycles. The summed E-state index contributed by atoms with van der Waals surface area (Å²) in [5, 5.41) is 17.4. The first kappa shape index (κ1) is 43.8. The van der Waals surface area contributed by atoms with Crippen LogP contribution in [-0.2, 0) is 0 Å². The van der Waals surface area contributed by atoms with Gasteiger partial charge in [-0.25, -0.2) is 0 Å². The number of rotatable bonds is 8. The lowest BCUT2D eigenvalue weighted by atomic mass is 9.77. The van der Waals surface area contributed by atoms with Crippen LogP contribution in [0.3, 0.4) is 0 Å². The molecule has 0 atom stereocenters. The highest BCUT2D eigenvalue weighted by Gasteiger charge is 2.31. The van der Waals surface area contributed by atoms with E-state index in [0.717, 1.165) is 55.9 Å². The summed E-state index contributed by atoms with van der Waals surface area (Å²) >= 11 is 0. The fraction of sp³-hybridized carbons (Fsp3) is 0.167. The first-order valence-electron chi connectivity index (χ1n) is 27.9. The van der Waals surface area contributed by atoms with E-state index in [9.17, 15) is 0 Å². The molecule has 14 aromatic rings. The topological polar surface area (TPSA) is 32.8 Å². The van der Waals surface area contributed by atoms with Crippen LogP contribution in [0, 0.1) is 0 Å². The van der Waals surface area contributed by atoms with E-state index in [1.165, 1.54) is 151 Å². The van der Waals surface area contributed by atoms with Crippen molar-refractivity contribution in [2.45, 2.75) is 76.0 Å². The minimum absolute atomic E-state index is 0.447. The molecule has 2 aliphatic carbocycles. The SMILES string of the molecule is c1ccc(N(c2cc(C3CCCCC3)c3ccc4c(N(c5ccccc5)c5cccc6c5oc5ccc7ccccc7c56)cc(C5CCCCC5)c5ccc2c3c54)c2cccc3c2oc2ccc4ccccc4c23)cc1. The zero-order chi connectivity index (χ0) is 49.8. The molecule has 4 nitrogen and oxygen atoms in total. The molecule has 0 amide bonds. The second-order valence-electron chi connectivity index (χ2n) is 21.9. The van der Waals surface area contributed by atoms with Gasteiger partial charge in [-0.2, -0.15) is 0 Å². The predicted octanol–water partition coefficient (Wildman–Crippen LogP) is 21.7. The number of hydrogen-bond donors (Lipinski definition) is 0. The number of furan rings is 2. The number of para-hydroxylation sites is 4. The molecule has 0 aliphatic heterocycles. The van der Waals surface area contributed by atoms with E-state index in [1.807, 2.05) is 0 Å². The van der Waals surface area contributed by atoms with Crippen molar-refractivity contribution in [3.63, 3.8) is 0 Å². The van der Waals surface area contributed by atoms with Crippen molar-refractivity contribution in [2.75, 3.05) is 9.80 Å². The van der Waals surface area contributed by atoms with E-state index >= 15 is 0 Å². The Morgan fingerprint density at radius 3 is 1.13 bits per heavy atom. The number of fused-ring (bicyclic) bond motifs is 10. The second kappa shape index (κ2) is 17.5. The number of anilines is 6. The van der Waals surface area contributed by atoms with E-state index < -0.39 is 0 Å². The summed E-state index contributed by atoms with van der Waals surface area (Å²) in [5.74, 6) is 0.894. The first-order chi connectivity index (χ1) is 37.7. The number of nitrogens with zero attached hydrogens (tertiary/aromatic N) is 2. The minimum atomic E-state index is 0.447. The van der Waals surface area contributed by atoms with Gasteiger partial charge in [0.2, 0.25) is 0 Å². The third-order valence-corrected chi connectivity index (χ3v) is 17.7. The summed E-state index contributed by atoms with van der Waals surface area (Å²) in [6.45, 7) is 0. The van der Waals surface area contributed by atoms with Crippen molar-refractivity contribution < 1.29 is 8.83 Å². The molecule has 16 rings (SSSR count). The lowest BCUT2D eigenvalue weighted by molar-refractivity contribution is 0.445. The van der Waals surface area contributed by atoms with E-state index in [1.54, 1.807) is 0 Å². The molecule has 0 bridgehead atoms. The van der Waals surface area contributed by atoms with Crippen molar-refractivity contribution >= 4 is 132 Å². The summed E-state index contributed by atoms with van der Waals surface area (Å²) in [5.41, 5.74) is 13.2. The lowest BCUT2D eigenvalue weighted by Gasteiger charge is -2.33. The van der Waals surface area contributed by atoms with Gasteiger partial charge in [0, 0.05) is 43.7 Å². The van der Waals surface area contributed by atoms with Crippen LogP contribution in [0.2, 0.25) is 0 Å². The average Bonchev–Trinajstić information content (AvgIpc) is 4.19. The van der Waals surface area contributed by atoms with Gasteiger partial charge in [0.1, 0.15) is 11.2 Å². The van der Waals surface area contributed by atoms with E-state index in [2.05, 4.69) is 216 Å². The predicted molar refractivity (Wildman–Crippen MR) is 321 cm³/mol. The van der Waals surface area contributed by atoms with Crippen LogP contribution in [-0.4, -0.2) is 0 Å². The second-order valence-corrected chi connectivity index (χ2v) is 21.9. The number of hydrogen-bond acceptors (Lipinski definition) is 4. The van der Waals surface area contributed by atoms with Gasteiger partial charge in [-0.15, -0.1) is 0 Å². The van der Waals surface area contributed by atoms with Gasteiger partial charge in [-0.1, -0.05) is 184 Å². The van der Waals surface area contributed by atoms with E-state index in [4.69, 9.17) is 8.83 Å². The number of benzene rings is 12. The van der Waals surface area contributed by atoms with Gasteiger partial charge in [0.05, 0.1) is 22.7 Å². The highest BCUT2D eigenvalue weighted by molar-refractivity contribution is 6.30. The van der Waals surface area contributed by atoms with Gasteiger partial charge < -0.3 is 18.6 Å². The summed E-state index contributed by atoms with van der Waals surface area (Å²) in [6.07, 6.45) is 12.4. The van der Waals surface area contributed by atoms with Gasteiger partial charge >= 0.3 is 0 Å². The van der Waals surface area contributed by atoms with Crippen molar-refractivity contribution in [1.29, 1.82) is 0 Å². The molecule has 2 fully saturated rings. The Hall–Kier alpha value is -8.60. The Balaban J connectivity index is 1.02. The molecule has 2 heterocycles. The Bertz CT molecular complexity index is 4260. The van der Waals surface area contributed by atoms with Crippen LogP contribution in [0.15, 0.2) is 215 Å². The van der Waals surface area contributed by atoms with E-state index in [0.29, 0.717) is 11.8 Å². The summed E-state index contributed by atoms with van der Waals surface area (Å²) in [6, 6.07) is 76.8. The quantitative estimate of drug-likeness (QED) is 0.142. The summed E-state index contributed by atoms with van der Waals surface area (Å²) in [4.78, 5) is 5.05. The standard InChI is InChI=1S/C72H56N2O2/c1-5-19-45(20-6-1)59-43-63(73(49-25-9-3-10-26-49)61-33-17-31-57-67-51-29-15-13-23-47(51)35-41-65(67)75-71(57)61)55-40-38-54-60(46-21-7-2-8-22-46)44-64(56-39-37-53(59)69(55)70(54)56)74(50-27-11-4-12-28-50)62-34-18-32-58-68-52-30-16-14-24-48(52)36-42-66(68)76-72(58)62/h3-4,9-18,23-46H,1-2,5-8,19-22H2. The summed E-state index contributed by atoms with van der Waals surface area (Å²) < 4.78 is 14.2. The molecule has 12 aromatic carbocycles. The molecule has 76 heavy (non-hydrogen) atoms. The maximum absolute atomic E-state index is 7.11. The first-order valence-corrected chi connectivity index (χ1v) is 27.9. The third kappa shape index (κ3) is 6.69. The normalized spacial score (nSPS) is 15.0. The maximum atomic E-state index is 7.11. The molecule has 4 heteroatoms. The van der Waals surface area contributed by atoms with Gasteiger partial charge in [-0.05, 0) is 152 Å². The molecular formula is C72H56N2O2. The summed E-state index contributed by atoms with van der Waals surface area (Å²) in [7, 11) is 0. The molecule has 0 N–H and O–H groups in total. The zero-order valence-electron chi connectivity index (χ0n) is 42.6. The molecular weight excluding hydrogens is 925 g/mol. The van der Waals surface area contributed by atoms with Crippen molar-refractivity contribution in [3.05, 3.63) is 217 Å². The Labute approximate surface area is 441 Å². The molecule has 0 spiro atoms. The highest BCUT2D eigenvalue weighted by Crippen LogP contribution is 2.55. The largest absolute Gasteiger partial charge is 0.454 e. The Morgan fingerprint density at radius 1 is 0.289 bits per heavy atom. The fourth-order valence-corrected chi connectivity index (χ4v) is 14.3. The Morgan fingerprint density at radius 2 is 0.684 bits per heavy atom. The molecule has 0 radical (unpaired) electrons. The molecule has 366 valence electrons. The highest BCUT2D eigenvalue weighted by atomic mass is 16.3. The van der Waals surface area contributed by atoms with Crippen LogP contribution >= 0.6 is 0 Å². The van der Waals surface area contributed by atoms with Crippen LogP contribution in [0.4, 0.5) is 34.1 Å². The van der Waals surface area contributed by atoms with Gasteiger partial charge in [0.15, 0.2) is 11.2 Å². The molecule has 2 saturated carbocycles. The minimum Gasteiger partial charge on any atom is -0.454 e. The van der Waals surface area contributed by atoms with Gasteiger partial charge in [-0.3, -0.25) is 0 Å². The van der Waals surface area contributed by atoms with Crippen LogP contribution < -0.4 is 9.80 Å². The molecule has 2 aromatic heterocycles. The lowest BCUT2D eigenvalue weighted by Crippen LogP contribution is -2.14. The monoisotopic (exact) mass is 980 g/mol. The van der Waals surface area contributed by atoms with Crippen LogP contribution in [0.5, 0.6) is 0 Å². The van der Waals surface area contributed by atoms with E-state index in [-0.39, 0.29) is 0 Å². The average molecular weight is 981 g/mol. The molecule has 0 unspecified atom stereocenters. The van der Waals surface area contributed by atoms with Crippen LogP contribution in [0.1, 0.15) is 87.2 Å². The van der Waals surface area contributed by atoms with Crippen molar-refractivity contribution in [1.82, 2.24) is 0 Å². The van der Waals surface area contributed by atoms with Crippen molar-refractivity contribution in [3.8, 4) is 0 Å². The Kier molecular flexibility index (Phi) is 10.1.